The Bertz CT molecular complexity index is 661. The molecule has 2 heterocycles. The highest BCUT2D eigenvalue weighted by atomic mass is 32.1. The third kappa shape index (κ3) is 2.42. The number of hydrogen-bond donors (Lipinski definition) is 1. The van der Waals surface area contributed by atoms with E-state index in [2.05, 4.69) is 33.5 Å². The molecular weight excluding hydrogens is 256 g/mol. The Morgan fingerprint density at radius 1 is 1.32 bits per heavy atom. The predicted octanol–water partition coefficient (Wildman–Crippen LogP) is 3.65. The van der Waals surface area contributed by atoms with E-state index in [0.29, 0.717) is 0 Å². The van der Waals surface area contributed by atoms with Crippen molar-refractivity contribution in [1.82, 2.24) is 15.2 Å². The van der Waals surface area contributed by atoms with Crippen LogP contribution in [0.15, 0.2) is 42.0 Å². The van der Waals surface area contributed by atoms with E-state index in [9.17, 15) is 0 Å². The highest BCUT2D eigenvalue weighted by Crippen LogP contribution is 2.27. The van der Waals surface area contributed by atoms with Gasteiger partial charge in [0, 0.05) is 17.0 Å². The summed E-state index contributed by atoms with van der Waals surface area (Å²) < 4.78 is 0. The van der Waals surface area contributed by atoms with Crippen LogP contribution in [0.3, 0.4) is 0 Å². The van der Waals surface area contributed by atoms with Gasteiger partial charge in [-0.1, -0.05) is 25.1 Å². The Labute approximate surface area is 115 Å². The number of fused-ring (bicyclic) bond motifs is 1. The maximum atomic E-state index is 4.38. The summed E-state index contributed by atoms with van der Waals surface area (Å²) in [5.41, 5.74) is 1.91. The fourth-order valence-electron chi connectivity index (χ4n) is 2.05. The van der Waals surface area contributed by atoms with Crippen molar-refractivity contribution in [3.63, 3.8) is 0 Å². The van der Waals surface area contributed by atoms with Gasteiger partial charge in [-0.15, -0.1) is 11.3 Å². The molecule has 0 saturated heterocycles. The van der Waals surface area contributed by atoms with Crippen molar-refractivity contribution in [3.05, 3.63) is 47.0 Å². The average Bonchev–Trinajstić information content (AvgIpc) is 2.99. The largest absolute Gasteiger partial charge is 0.374 e. The molecule has 96 valence electrons. The first-order valence-corrected chi connectivity index (χ1v) is 7.13. The lowest BCUT2D eigenvalue weighted by Crippen LogP contribution is -2.10. The van der Waals surface area contributed by atoms with Crippen molar-refractivity contribution < 1.29 is 0 Å². The second kappa shape index (κ2) is 5.32. The number of hydrogen-bond acceptors (Lipinski definition) is 5. The minimum atomic E-state index is 0.215. The molecule has 0 aliphatic rings. The Morgan fingerprint density at radius 3 is 3.00 bits per heavy atom. The quantitative estimate of drug-likeness (QED) is 0.786. The highest BCUT2D eigenvalue weighted by Gasteiger charge is 2.13. The number of thiazole rings is 1. The molecule has 0 radical (unpaired) electrons. The molecule has 1 aromatic carbocycles. The smallest absolute Gasteiger partial charge is 0.115 e. The third-order valence-corrected chi connectivity index (χ3v) is 3.92. The van der Waals surface area contributed by atoms with Gasteiger partial charge in [-0.2, -0.15) is 10.2 Å². The van der Waals surface area contributed by atoms with Gasteiger partial charge in [0.2, 0.25) is 0 Å². The van der Waals surface area contributed by atoms with Crippen LogP contribution in [-0.4, -0.2) is 15.2 Å². The van der Waals surface area contributed by atoms with Crippen LogP contribution < -0.4 is 5.32 Å². The molecule has 1 N–H and O–H groups in total. The van der Waals surface area contributed by atoms with Crippen molar-refractivity contribution in [2.24, 2.45) is 0 Å². The molecule has 1 atom stereocenters. The summed E-state index contributed by atoms with van der Waals surface area (Å²) >= 11 is 1.67. The summed E-state index contributed by atoms with van der Waals surface area (Å²) in [7, 11) is 0. The fraction of sp³-hybridized carbons (Fsp3) is 0.214. The summed E-state index contributed by atoms with van der Waals surface area (Å²) in [4.78, 5) is 4.38. The van der Waals surface area contributed by atoms with E-state index < -0.39 is 0 Å². The van der Waals surface area contributed by atoms with E-state index in [-0.39, 0.29) is 6.04 Å². The van der Waals surface area contributed by atoms with Crippen molar-refractivity contribution in [3.8, 4) is 0 Å². The topological polar surface area (TPSA) is 50.7 Å². The minimum absolute atomic E-state index is 0.215. The van der Waals surface area contributed by atoms with E-state index in [0.717, 1.165) is 28.0 Å². The first-order chi connectivity index (χ1) is 9.38. The zero-order chi connectivity index (χ0) is 13.1. The molecule has 0 aliphatic carbocycles. The van der Waals surface area contributed by atoms with Crippen molar-refractivity contribution >= 4 is 27.9 Å². The summed E-state index contributed by atoms with van der Waals surface area (Å²) in [6, 6.07) is 8.23. The molecule has 0 spiro atoms. The number of benzene rings is 1. The van der Waals surface area contributed by atoms with Gasteiger partial charge in [-0.25, -0.2) is 4.98 Å². The molecule has 5 heteroatoms. The molecule has 2 aromatic heterocycles. The molecular formula is C14H14N4S. The number of nitrogens with one attached hydrogen (secondary N) is 1. The van der Waals surface area contributed by atoms with Gasteiger partial charge in [-0.05, 0) is 12.5 Å². The molecule has 4 nitrogen and oxygen atoms in total. The Hall–Kier alpha value is -2.01. The molecule has 0 amide bonds. The maximum Gasteiger partial charge on any atom is 0.115 e. The molecule has 1 unspecified atom stereocenters. The Morgan fingerprint density at radius 2 is 2.21 bits per heavy atom. The van der Waals surface area contributed by atoms with Gasteiger partial charge in [-0.3, -0.25) is 0 Å². The molecule has 0 fully saturated rings. The van der Waals surface area contributed by atoms with Gasteiger partial charge in [0.15, 0.2) is 0 Å². The van der Waals surface area contributed by atoms with E-state index in [1.165, 1.54) is 0 Å². The van der Waals surface area contributed by atoms with Crippen molar-refractivity contribution in [1.29, 1.82) is 0 Å². The normalized spacial score (nSPS) is 12.5. The number of nitrogens with zero attached hydrogens (tertiary/aromatic N) is 3. The van der Waals surface area contributed by atoms with Gasteiger partial charge in [0.05, 0.1) is 23.4 Å². The summed E-state index contributed by atoms with van der Waals surface area (Å²) in [6.07, 6.45) is 4.59. The van der Waals surface area contributed by atoms with Gasteiger partial charge >= 0.3 is 0 Å². The van der Waals surface area contributed by atoms with Crippen LogP contribution in [0.5, 0.6) is 0 Å². The van der Waals surface area contributed by atoms with E-state index in [4.69, 9.17) is 0 Å². The molecule has 3 aromatic rings. The predicted molar refractivity (Wildman–Crippen MR) is 78.3 cm³/mol. The van der Waals surface area contributed by atoms with Gasteiger partial charge < -0.3 is 5.32 Å². The lowest BCUT2D eigenvalue weighted by atomic mass is 10.1. The van der Waals surface area contributed by atoms with Gasteiger partial charge in [0.1, 0.15) is 5.01 Å². The zero-order valence-electron chi connectivity index (χ0n) is 10.6. The average molecular weight is 270 g/mol. The SMILES string of the molecule is CCC(Nc1cnnc2ccccc12)c1nccs1. The monoisotopic (exact) mass is 270 g/mol. The molecule has 19 heavy (non-hydrogen) atoms. The first kappa shape index (κ1) is 12.0. The van der Waals surface area contributed by atoms with Crippen LogP contribution in [0.4, 0.5) is 5.69 Å². The second-order valence-corrected chi connectivity index (χ2v) is 5.18. The first-order valence-electron chi connectivity index (χ1n) is 6.25. The maximum absolute atomic E-state index is 4.38. The molecule has 0 aliphatic heterocycles. The van der Waals surface area contributed by atoms with Crippen LogP contribution >= 0.6 is 11.3 Å². The van der Waals surface area contributed by atoms with Crippen LogP contribution in [0.2, 0.25) is 0 Å². The number of rotatable bonds is 4. The summed E-state index contributed by atoms with van der Waals surface area (Å²) in [5, 5.41) is 15.9. The van der Waals surface area contributed by atoms with E-state index >= 15 is 0 Å². The zero-order valence-corrected chi connectivity index (χ0v) is 11.4. The van der Waals surface area contributed by atoms with Crippen LogP contribution in [0, 0.1) is 0 Å². The molecule has 3 rings (SSSR count). The Balaban J connectivity index is 1.96. The van der Waals surface area contributed by atoms with Crippen LogP contribution in [-0.2, 0) is 0 Å². The summed E-state index contributed by atoms with van der Waals surface area (Å²) in [5.74, 6) is 0. The highest BCUT2D eigenvalue weighted by molar-refractivity contribution is 7.09. The third-order valence-electron chi connectivity index (χ3n) is 3.03. The second-order valence-electron chi connectivity index (χ2n) is 4.25. The lowest BCUT2D eigenvalue weighted by Gasteiger charge is -2.16. The summed E-state index contributed by atoms with van der Waals surface area (Å²) in [6.45, 7) is 2.15. The molecule has 0 bridgehead atoms. The minimum Gasteiger partial charge on any atom is -0.374 e. The fourth-order valence-corrected chi connectivity index (χ4v) is 2.83. The number of anilines is 1. The lowest BCUT2D eigenvalue weighted by molar-refractivity contribution is 0.742. The van der Waals surface area contributed by atoms with E-state index in [1.807, 2.05) is 29.8 Å². The molecule has 0 saturated carbocycles. The number of aromatic nitrogens is 3. The van der Waals surface area contributed by atoms with E-state index in [1.54, 1.807) is 17.5 Å². The Kier molecular flexibility index (Phi) is 3.37. The standard InChI is InChI=1S/C14H14N4S/c1-2-11(14-15-7-8-19-14)17-13-9-16-18-12-6-4-3-5-10(12)13/h3-9,11H,2H2,1H3,(H,17,18). The van der Waals surface area contributed by atoms with Crippen LogP contribution in [0.1, 0.15) is 24.4 Å². The van der Waals surface area contributed by atoms with Crippen molar-refractivity contribution in [2.45, 2.75) is 19.4 Å². The van der Waals surface area contributed by atoms with Gasteiger partial charge in [0.25, 0.3) is 0 Å². The van der Waals surface area contributed by atoms with Crippen LogP contribution in [0.25, 0.3) is 10.9 Å². The van der Waals surface area contributed by atoms with Crippen molar-refractivity contribution in [2.75, 3.05) is 5.32 Å².